The maximum Gasteiger partial charge on any atom is 0.251 e. The monoisotopic (exact) mass is 365 g/mol. The Bertz CT molecular complexity index is 950. The van der Waals surface area contributed by atoms with E-state index in [9.17, 15) is 9.59 Å². The molecule has 0 radical (unpaired) electrons. The van der Waals surface area contributed by atoms with E-state index in [4.69, 9.17) is 0 Å². The molecule has 0 spiro atoms. The number of rotatable bonds is 7. The molecule has 0 saturated heterocycles. The van der Waals surface area contributed by atoms with Gasteiger partial charge in [-0.15, -0.1) is 5.10 Å². The lowest BCUT2D eigenvalue weighted by molar-refractivity contribution is -0.121. The van der Waals surface area contributed by atoms with Gasteiger partial charge >= 0.3 is 0 Å². The Labute approximate surface area is 157 Å². The zero-order chi connectivity index (χ0) is 19.2. The van der Waals surface area contributed by atoms with Crippen LogP contribution in [0.15, 0.2) is 48.5 Å². The van der Waals surface area contributed by atoms with E-state index in [1.807, 2.05) is 50.2 Å². The summed E-state index contributed by atoms with van der Waals surface area (Å²) >= 11 is 0. The molecular weight excluding hydrogens is 342 g/mol. The van der Waals surface area contributed by atoms with Gasteiger partial charge in [0.15, 0.2) is 0 Å². The molecule has 1 heterocycles. The molecule has 0 fully saturated rings. The molecule has 2 N–H and O–H groups in total. The van der Waals surface area contributed by atoms with Crippen molar-refractivity contribution in [1.29, 1.82) is 0 Å². The molecule has 0 aliphatic rings. The van der Waals surface area contributed by atoms with Crippen LogP contribution in [0.25, 0.3) is 11.0 Å². The van der Waals surface area contributed by atoms with Crippen molar-refractivity contribution in [3.05, 3.63) is 59.7 Å². The highest BCUT2D eigenvalue weighted by atomic mass is 16.2. The highest BCUT2D eigenvalue weighted by Crippen LogP contribution is 2.10. The summed E-state index contributed by atoms with van der Waals surface area (Å²) < 4.78 is 1.57. The third-order valence-corrected chi connectivity index (χ3v) is 4.38. The van der Waals surface area contributed by atoms with Crippen molar-refractivity contribution in [2.45, 2.75) is 39.4 Å². The highest BCUT2D eigenvalue weighted by Gasteiger charge is 2.11. The van der Waals surface area contributed by atoms with E-state index >= 15 is 0 Å². The van der Waals surface area contributed by atoms with Crippen LogP contribution < -0.4 is 10.6 Å². The predicted molar refractivity (Wildman–Crippen MR) is 103 cm³/mol. The Hall–Kier alpha value is -3.22. The first-order chi connectivity index (χ1) is 13.1. The molecule has 3 aromatic rings. The number of nitrogens with zero attached hydrogens (tertiary/aromatic N) is 3. The van der Waals surface area contributed by atoms with E-state index < -0.39 is 0 Å². The first-order valence-electron chi connectivity index (χ1n) is 9.01. The molecule has 0 aliphatic heterocycles. The number of benzene rings is 2. The second-order valence-corrected chi connectivity index (χ2v) is 6.50. The van der Waals surface area contributed by atoms with Gasteiger partial charge in [0.1, 0.15) is 12.1 Å². The van der Waals surface area contributed by atoms with E-state index in [0.717, 1.165) is 23.0 Å². The summed E-state index contributed by atoms with van der Waals surface area (Å²) in [6.45, 7) is 4.43. The van der Waals surface area contributed by atoms with E-state index in [0.29, 0.717) is 12.1 Å². The fourth-order valence-electron chi connectivity index (χ4n) is 2.66. The minimum atomic E-state index is -0.167. The Balaban J connectivity index is 1.59. The van der Waals surface area contributed by atoms with Crippen LogP contribution in [-0.4, -0.2) is 32.9 Å². The summed E-state index contributed by atoms with van der Waals surface area (Å²) in [5.41, 5.74) is 3.02. The molecule has 1 aromatic heterocycles. The standard InChI is InChI=1S/C20H23N5O2/c1-3-14(2)22-20(27)16-8-6-7-15(11-16)12-21-19(26)13-25-18-10-5-4-9-17(18)23-24-25/h4-11,14H,3,12-13H2,1-2H3,(H,21,26)(H,22,27)/t14-/m0/s1. The van der Waals surface area contributed by atoms with Crippen LogP contribution in [0.2, 0.25) is 0 Å². The Morgan fingerprint density at radius 2 is 1.96 bits per heavy atom. The SMILES string of the molecule is CC[C@H](C)NC(=O)c1cccc(CNC(=O)Cn2nnc3ccccc32)c1. The number of para-hydroxylation sites is 1. The molecule has 0 unspecified atom stereocenters. The number of amides is 2. The lowest BCUT2D eigenvalue weighted by Crippen LogP contribution is -2.32. The van der Waals surface area contributed by atoms with Crippen LogP contribution in [0.4, 0.5) is 0 Å². The van der Waals surface area contributed by atoms with Crippen molar-refractivity contribution < 1.29 is 9.59 Å². The Kier molecular flexibility index (Phi) is 5.80. The smallest absolute Gasteiger partial charge is 0.251 e. The lowest BCUT2D eigenvalue weighted by Gasteiger charge is -2.12. The minimum absolute atomic E-state index is 0.0920. The van der Waals surface area contributed by atoms with Gasteiger partial charge in [0.05, 0.1) is 5.52 Å². The molecule has 27 heavy (non-hydrogen) atoms. The number of carbonyl (C=O) groups is 2. The predicted octanol–water partition coefficient (Wildman–Crippen LogP) is 2.28. The van der Waals surface area contributed by atoms with Gasteiger partial charge in [-0.3, -0.25) is 9.59 Å². The number of nitrogens with one attached hydrogen (secondary N) is 2. The van der Waals surface area contributed by atoms with Gasteiger partial charge in [0.25, 0.3) is 5.91 Å². The summed E-state index contributed by atoms with van der Waals surface area (Å²) in [6.07, 6.45) is 0.873. The minimum Gasteiger partial charge on any atom is -0.350 e. The highest BCUT2D eigenvalue weighted by molar-refractivity contribution is 5.94. The molecule has 2 aromatic carbocycles. The average molecular weight is 365 g/mol. The Morgan fingerprint density at radius 3 is 2.78 bits per heavy atom. The molecular formula is C20H23N5O2. The van der Waals surface area contributed by atoms with Gasteiger partial charge in [-0.2, -0.15) is 0 Å². The van der Waals surface area contributed by atoms with Crippen molar-refractivity contribution >= 4 is 22.8 Å². The number of aromatic nitrogens is 3. The second-order valence-electron chi connectivity index (χ2n) is 6.50. The third kappa shape index (κ3) is 4.69. The largest absolute Gasteiger partial charge is 0.350 e. The Morgan fingerprint density at radius 1 is 1.15 bits per heavy atom. The van der Waals surface area contributed by atoms with Crippen molar-refractivity contribution in [3.8, 4) is 0 Å². The molecule has 7 heteroatoms. The van der Waals surface area contributed by atoms with Crippen LogP contribution in [-0.2, 0) is 17.9 Å². The van der Waals surface area contributed by atoms with Gasteiger partial charge in [0.2, 0.25) is 5.91 Å². The summed E-state index contributed by atoms with van der Waals surface area (Å²) in [7, 11) is 0. The molecule has 1 atom stereocenters. The zero-order valence-electron chi connectivity index (χ0n) is 15.5. The number of fused-ring (bicyclic) bond motifs is 1. The van der Waals surface area contributed by atoms with E-state index in [2.05, 4.69) is 20.9 Å². The summed E-state index contributed by atoms with van der Waals surface area (Å²) in [5, 5.41) is 13.9. The third-order valence-electron chi connectivity index (χ3n) is 4.38. The zero-order valence-corrected chi connectivity index (χ0v) is 15.5. The molecule has 0 aliphatic carbocycles. The quantitative estimate of drug-likeness (QED) is 0.672. The summed E-state index contributed by atoms with van der Waals surface area (Å²) in [4.78, 5) is 24.5. The first-order valence-corrected chi connectivity index (χ1v) is 9.01. The van der Waals surface area contributed by atoms with Crippen molar-refractivity contribution in [1.82, 2.24) is 25.6 Å². The average Bonchev–Trinajstić information content (AvgIpc) is 3.09. The molecule has 2 amide bonds. The maximum atomic E-state index is 12.3. The van der Waals surface area contributed by atoms with Crippen LogP contribution >= 0.6 is 0 Å². The molecule has 0 saturated carbocycles. The van der Waals surface area contributed by atoms with E-state index in [-0.39, 0.29) is 24.4 Å². The van der Waals surface area contributed by atoms with Crippen LogP contribution in [0.3, 0.4) is 0 Å². The molecule has 7 nitrogen and oxygen atoms in total. The molecule has 3 rings (SSSR count). The normalized spacial score (nSPS) is 11.9. The first kappa shape index (κ1) is 18.6. The fourth-order valence-corrected chi connectivity index (χ4v) is 2.66. The number of hydrogen-bond acceptors (Lipinski definition) is 4. The molecule has 140 valence electrons. The van der Waals surface area contributed by atoms with Gasteiger partial charge in [-0.05, 0) is 43.2 Å². The van der Waals surface area contributed by atoms with Crippen LogP contribution in [0.5, 0.6) is 0 Å². The van der Waals surface area contributed by atoms with E-state index in [1.54, 1.807) is 16.8 Å². The summed E-state index contributed by atoms with van der Waals surface area (Å²) in [6, 6.07) is 14.9. The second kappa shape index (κ2) is 8.44. The fraction of sp³-hybridized carbons (Fsp3) is 0.300. The number of carbonyl (C=O) groups excluding carboxylic acids is 2. The van der Waals surface area contributed by atoms with E-state index in [1.165, 1.54) is 0 Å². The van der Waals surface area contributed by atoms with Gasteiger partial charge in [0, 0.05) is 18.2 Å². The van der Waals surface area contributed by atoms with Crippen LogP contribution in [0.1, 0.15) is 36.2 Å². The lowest BCUT2D eigenvalue weighted by atomic mass is 10.1. The molecule has 0 bridgehead atoms. The maximum absolute atomic E-state index is 12.3. The topological polar surface area (TPSA) is 88.9 Å². The number of hydrogen-bond donors (Lipinski definition) is 2. The summed E-state index contributed by atoms with van der Waals surface area (Å²) in [5.74, 6) is -0.272. The van der Waals surface area contributed by atoms with Crippen molar-refractivity contribution in [3.63, 3.8) is 0 Å². The van der Waals surface area contributed by atoms with Gasteiger partial charge in [-0.1, -0.05) is 36.4 Å². The van der Waals surface area contributed by atoms with Crippen molar-refractivity contribution in [2.24, 2.45) is 0 Å². The van der Waals surface area contributed by atoms with Gasteiger partial charge < -0.3 is 10.6 Å². The van der Waals surface area contributed by atoms with Gasteiger partial charge in [-0.25, -0.2) is 4.68 Å². The van der Waals surface area contributed by atoms with Crippen LogP contribution in [0, 0.1) is 0 Å². The van der Waals surface area contributed by atoms with Crippen molar-refractivity contribution in [2.75, 3.05) is 0 Å².